The van der Waals surface area contributed by atoms with E-state index in [-0.39, 0.29) is 17.6 Å². The summed E-state index contributed by atoms with van der Waals surface area (Å²) in [7, 11) is 0. The van der Waals surface area contributed by atoms with Crippen molar-refractivity contribution in [2.24, 2.45) is 5.92 Å². The molecule has 3 heterocycles. The number of H-pyrrole nitrogens is 1. The summed E-state index contributed by atoms with van der Waals surface area (Å²) < 4.78 is 18.9. The molecule has 2 saturated heterocycles. The summed E-state index contributed by atoms with van der Waals surface area (Å²) in [6.07, 6.45) is 2.64. The number of cyclic esters (lactones) is 1. The van der Waals surface area contributed by atoms with Gasteiger partial charge in [-0.3, -0.25) is 14.8 Å². The molecule has 142 valence electrons. The minimum atomic E-state index is -0.630. The lowest BCUT2D eigenvalue weighted by Crippen LogP contribution is -2.47. The molecule has 1 N–H and O–H groups in total. The highest BCUT2D eigenvalue weighted by Gasteiger charge is 2.48. The molecule has 2 aliphatic rings. The maximum absolute atomic E-state index is 13.1. The van der Waals surface area contributed by atoms with E-state index in [1.165, 1.54) is 12.1 Å². The van der Waals surface area contributed by atoms with Crippen LogP contribution < -0.4 is 4.90 Å². The highest BCUT2D eigenvalue weighted by Crippen LogP contribution is 2.38. The Kier molecular flexibility index (Phi) is 4.33. The number of rotatable bonds is 3. The molecule has 4 rings (SSSR count). The Hall–Kier alpha value is -2.90. The van der Waals surface area contributed by atoms with Crippen molar-refractivity contribution in [1.29, 1.82) is 0 Å². The maximum atomic E-state index is 13.1. The molecule has 7 nitrogen and oxygen atoms in total. The summed E-state index contributed by atoms with van der Waals surface area (Å²) in [6, 6.07) is 7.48. The average Bonchev–Trinajstić information content (AvgIpc) is 3.31. The van der Waals surface area contributed by atoms with Crippen molar-refractivity contribution < 1.29 is 18.7 Å². The van der Waals surface area contributed by atoms with Crippen LogP contribution in [0.1, 0.15) is 30.3 Å². The minimum absolute atomic E-state index is 0.0625. The topological polar surface area (TPSA) is 78.5 Å². The van der Waals surface area contributed by atoms with E-state index in [0.717, 1.165) is 12.8 Å². The summed E-state index contributed by atoms with van der Waals surface area (Å²) in [4.78, 5) is 28.1. The van der Waals surface area contributed by atoms with Crippen LogP contribution in [0.3, 0.4) is 0 Å². The average molecular weight is 372 g/mol. The number of ether oxygens (including phenoxy) is 1. The third-order valence-electron chi connectivity index (χ3n) is 5.53. The Morgan fingerprint density at radius 3 is 2.59 bits per heavy atom. The zero-order chi connectivity index (χ0) is 19.0. The van der Waals surface area contributed by atoms with Crippen LogP contribution in [0.2, 0.25) is 0 Å². The number of amides is 2. The SMILES string of the molecule is C[C@@]1(C2CCN(C(=O)c3ccn[nH]3)CC2)CN(c2ccc(F)cc2)C(=O)O1. The van der Waals surface area contributed by atoms with Crippen LogP contribution in [0.15, 0.2) is 36.5 Å². The van der Waals surface area contributed by atoms with Crippen molar-refractivity contribution in [2.45, 2.75) is 25.4 Å². The molecule has 2 fully saturated rings. The standard InChI is InChI=1S/C19H21FN4O3/c1-19(12-24(18(26)27-19)15-4-2-14(20)3-5-15)13-7-10-23(11-8-13)17(25)16-6-9-21-22-16/h2-6,9,13H,7-8,10-12H2,1H3,(H,21,22)/t19-/m0/s1. The largest absolute Gasteiger partial charge is 0.441 e. The van der Waals surface area contributed by atoms with Gasteiger partial charge in [-0.1, -0.05) is 0 Å². The molecule has 27 heavy (non-hydrogen) atoms. The molecular weight excluding hydrogens is 351 g/mol. The minimum Gasteiger partial charge on any atom is -0.441 e. The van der Waals surface area contributed by atoms with Crippen LogP contribution in [0.4, 0.5) is 14.9 Å². The number of carbonyl (C=O) groups is 2. The predicted octanol–water partition coefficient (Wildman–Crippen LogP) is 2.82. The second kappa shape index (κ2) is 6.68. The lowest BCUT2D eigenvalue weighted by molar-refractivity contribution is -0.00459. The van der Waals surface area contributed by atoms with E-state index in [0.29, 0.717) is 31.0 Å². The van der Waals surface area contributed by atoms with Gasteiger partial charge in [0.05, 0.1) is 6.54 Å². The van der Waals surface area contributed by atoms with E-state index in [2.05, 4.69) is 10.2 Å². The molecule has 0 aliphatic carbocycles. The Morgan fingerprint density at radius 1 is 1.26 bits per heavy atom. The number of hydrogen-bond donors (Lipinski definition) is 1. The first-order chi connectivity index (χ1) is 13.0. The first-order valence-corrected chi connectivity index (χ1v) is 9.01. The molecule has 0 saturated carbocycles. The molecule has 2 amide bonds. The number of nitrogens with one attached hydrogen (secondary N) is 1. The summed E-state index contributed by atoms with van der Waals surface area (Å²) in [5, 5.41) is 6.52. The summed E-state index contributed by atoms with van der Waals surface area (Å²) in [6.45, 7) is 3.56. The highest BCUT2D eigenvalue weighted by atomic mass is 19.1. The maximum Gasteiger partial charge on any atom is 0.415 e. The van der Waals surface area contributed by atoms with Gasteiger partial charge in [0.2, 0.25) is 0 Å². The quantitative estimate of drug-likeness (QED) is 0.899. The van der Waals surface area contributed by atoms with E-state index in [9.17, 15) is 14.0 Å². The Bertz CT molecular complexity index is 831. The molecule has 1 atom stereocenters. The van der Waals surface area contributed by atoms with Gasteiger partial charge in [-0.2, -0.15) is 5.10 Å². The third-order valence-corrected chi connectivity index (χ3v) is 5.53. The molecule has 2 aliphatic heterocycles. The van der Waals surface area contributed by atoms with E-state index >= 15 is 0 Å². The van der Waals surface area contributed by atoms with Gasteiger partial charge in [-0.25, -0.2) is 9.18 Å². The van der Waals surface area contributed by atoms with Crippen LogP contribution in [0.5, 0.6) is 0 Å². The number of nitrogens with zero attached hydrogens (tertiary/aromatic N) is 3. The lowest BCUT2D eigenvalue weighted by Gasteiger charge is -2.38. The van der Waals surface area contributed by atoms with Gasteiger partial charge in [-0.05, 0) is 50.1 Å². The van der Waals surface area contributed by atoms with Crippen molar-refractivity contribution in [3.63, 3.8) is 0 Å². The molecule has 1 aromatic carbocycles. The van der Waals surface area contributed by atoms with Crippen LogP contribution in [-0.4, -0.2) is 52.3 Å². The molecule has 1 aromatic heterocycles. The first kappa shape index (κ1) is 17.5. The number of likely N-dealkylation sites (tertiary alicyclic amines) is 1. The van der Waals surface area contributed by atoms with Crippen LogP contribution in [0.25, 0.3) is 0 Å². The number of carbonyl (C=O) groups excluding carboxylic acids is 2. The van der Waals surface area contributed by atoms with Crippen molar-refractivity contribution in [2.75, 3.05) is 24.5 Å². The second-order valence-corrected chi connectivity index (χ2v) is 7.28. The molecule has 0 radical (unpaired) electrons. The second-order valence-electron chi connectivity index (χ2n) is 7.28. The van der Waals surface area contributed by atoms with Gasteiger partial charge < -0.3 is 9.64 Å². The van der Waals surface area contributed by atoms with Crippen LogP contribution in [-0.2, 0) is 4.74 Å². The number of piperidine rings is 1. The molecule has 2 aromatic rings. The molecule has 0 spiro atoms. The molecular formula is C19H21FN4O3. The number of aromatic amines is 1. The molecule has 0 unspecified atom stereocenters. The summed E-state index contributed by atoms with van der Waals surface area (Å²) in [5.74, 6) is -0.256. The summed E-state index contributed by atoms with van der Waals surface area (Å²) in [5.41, 5.74) is 0.473. The van der Waals surface area contributed by atoms with Crippen molar-refractivity contribution in [3.05, 3.63) is 48.0 Å². The van der Waals surface area contributed by atoms with E-state index in [4.69, 9.17) is 4.74 Å². The third kappa shape index (κ3) is 3.27. The Morgan fingerprint density at radius 2 is 1.96 bits per heavy atom. The van der Waals surface area contributed by atoms with E-state index in [1.54, 1.807) is 34.2 Å². The normalized spacial score (nSPS) is 23.6. The van der Waals surface area contributed by atoms with Crippen LogP contribution in [0, 0.1) is 11.7 Å². The van der Waals surface area contributed by atoms with Crippen molar-refractivity contribution in [3.8, 4) is 0 Å². The van der Waals surface area contributed by atoms with Crippen LogP contribution >= 0.6 is 0 Å². The fraction of sp³-hybridized carbons (Fsp3) is 0.421. The summed E-state index contributed by atoms with van der Waals surface area (Å²) >= 11 is 0. The number of anilines is 1. The van der Waals surface area contributed by atoms with Crippen molar-refractivity contribution >= 4 is 17.7 Å². The fourth-order valence-corrected chi connectivity index (χ4v) is 3.93. The van der Waals surface area contributed by atoms with Gasteiger partial charge >= 0.3 is 6.09 Å². The highest BCUT2D eigenvalue weighted by molar-refractivity contribution is 5.92. The van der Waals surface area contributed by atoms with Gasteiger partial charge in [0, 0.05) is 30.9 Å². The van der Waals surface area contributed by atoms with Gasteiger partial charge in [-0.15, -0.1) is 0 Å². The van der Waals surface area contributed by atoms with Gasteiger partial charge in [0.1, 0.15) is 17.1 Å². The predicted molar refractivity (Wildman–Crippen MR) is 95.8 cm³/mol. The fourth-order valence-electron chi connectivity index (χ4n) is 3.93. The molecule has 8 heteroatoms. The monoisotopic (exact) mass is 372 g/mol. The Labute approximate surface area is 156 Å². The number of halogens is 1. The zero-order valence-corrected chi connectivity index (χ0v) is 15.0. The van der Waals surface area contributed by atoms with Gasteiger partial charge in [0.25, 0.3) is 5.91 Å². The van der Waals surface area contributed by atoms with E-state index < -0.39 is 11.7 Å². The zero-order valence-electron chi connectivity index (χ0n) is 15.0. The molecule has 0 bridgehead atoms. The number of benzene rings is 1. The number of hydrogen-bond acceptors (Lipinski definition) is 4. The van der Waals surface area contributed by atoms with Gasteiger partial charge in [0.15, 0.2) is 0 Å². The Balaban J connectivity index is 1.41. The smallest absolute Gasteiger partial charge is 0.415 e. The lowest BCUT2D eigenvalue weighted by atomic mass is 9.81. The van der Waals surface area contributed by atoms with Crippen molar-refractivity contribution in [1.82, 2.24) is 15.1 Å². The number of aromatic nitrogens is 2. The first-order valence-electron chi connectivity index (χ1n) is 9.01. The van der Waals surface area contributed by atoms with E-state index in [1.807, 2.05) is 6.92 Å².